The topological polar surface area (TPSA) is 224 Å². The smallest absolute Gasteiger partial charge is 0.258 e. The normalized spacial score (nSPS) is 14.3. The van der Waals surface area contributed by atoms with Crippen molar-refractivity contribution in [1.29, 1.82) is 0 Å². The number of hydrogen-bond acceptors (Lipinski definition) is 10. The van der Waals surface area contributed by atoms with E-state index in [1.807, 2.05) is 18.2 Å². The highest BCUT2D eigenvalue weighted by Crippen LogP contribution is 2.26. The predicted molar refractivity (Wildman–Crippen MR) is 162 cm³/mol. The number of imidazole rings is 1. The third-order valence-corrected chi connectivity index (χ3v) is 7.29. The second-order valence-electron chi connectivity index (χ2n) is 10.0. The first-order valence-electron chi connectivity index (χ1n) is 13.2. The molecule has 4 rings (SSSR count). The van der Waals surface area contributed by atoms with Gasteiger partial charge in [0, 0.05) is 45.4 Å². The van der Waals surface area contributed by atoms with Gasteiger partial charge >= 0.3 is 0 Å². The number of hydrogen-bond donors (Lipinski definition) is 8. The van der Waals surface area contributed by atoms with E-state index in [4.69, 9.17) is 11.5 Å². The Balaban J connectivity index is 1.63. The Hall–Kier alpha value is -4.50. The lowest BCUT2D eigenvalue weighted by Gasteiger charge is -2.29. The summed E-state index contributed by atoms with van der Waals surface area (Å²) >= 11 is 3.44. The third-order valence-electron chi connectivity index (χ3n) is 6.79. The number of nitrogens with zero attached hydrogens (tertiary/aromatic N) is 2. The number of benzene rings is 2. The molecule has 43 heavy (non-hydrogen) atoms. The Labute approximate surface area is 254 Å². The molecule has 3 amide bonds. The molecular formula is C29H32BrN7O6. The average Bonchev–Trinajstić information content (AvgIpc) is 3.63. The predicted octanol–water partition coefficient (Wildman–Crippen LogP) is 1.40. The first-order valence-corrected chi connectivity index (χ1v) is 14.0. The maximum absolute atomic E-state index is 14.0. The molecule has 2 heterocycles. The maximum Gasteiger partial charge on any atom is 0.258 e. The summed E-state index contributed by atoms with van der Waals surface area (Å²) in [6.45, 7) is 1.26. The largest absolute Gasteiger partial charge is 0.504 e. The molecule has 0 bridgehead atoms. The first-order chi connectivity index (χ1) is 20.5. The number of aliphatic hydroxyl groups is 1. The van der Waals surface area contributed by atoms with Gasteiger partial charge in [-0.05, 0) is 55.4 Å². The van der Waals surface area contributed by atoms with Crippen LogP contribution in [0.3, 0.4) is 0 Å². The fourth-order valence-electron chi connectivity index (χ4n) is 4.39. The number of nitrogens with one attached hydrogen (secondary N) is 3. The molecule has 14 heteroatoms. The Bertz CT molecular complexity index is 1640. The van der Waals surface area contributed by atoms with Crippen LogP contribution in [0.4, 0.5) is 0 Å². The van der Waals surface area contributed by atoms with Crippen molar-refractivity contribution in [2.45, 2.75) is 44.0 Å². The van der Waals surface area contributed by atoms with Crippen LogP contribution in [0.5, 0.6) is 11.5 Å². The summed E-state index contributed by atoms with van der Waals surface area (Å²) in [4.78, 5) is 51.3. The lowest BCUT2D eigenvalue weighted by atomic mass is 10.0. The second kappa shape index (κ2) is 13.6. The molecule has 0 fully saturated rings. The number of rotatable bonds is 11. The molecule has 0 spiro atoms. The van der Waals surface area contributed by atoms with E-state index < -0.39 is 47.7 Å². The molecule has 0 aliphatic rings. The number of carbonyl (C=O) groups is 3. The number of fused-ring (bicyclic) bond motifs is 1. The number of aromatic amines is 2. The summed E-state index contributed by atoms with van der Waals surface area (Å²) in [5.41, 5.74) is 14.7. The fourth-order valence-corrected chi connectivity index (χ4v) is 4.75. The van der Waals surface area contributed by atoms with Gasteiger partial charge in [0.15, 0.2) is 11.5 Å². The molecular weight excluding hydrogens is 622 g/mol. The Kier molecular flexibility index (Phi) is 9.98. The highest BCUT2D eigenvalue weighted by molar-refractivity contribution is 9.10. The van der Waals surface area contributed by atoms with E-state index in [0.717, 1.165) is 20.9 Å². The van der Waals surface area contributed by atoms with Crippen molar-refractivity contribution in [3.05, 3.63) is 82.6 Å². The lowest BCUT2D eigenvalue weighted by molar-refractivity contribution is -0.157. The van der Waals surface area contributed by atoms with E-state index in [1.54, 1.807) is 12.3 Å². The van der Waals surface area contributed by atoms with Crippen molar-refractivity contribution >= 4 is 50.6 Å². The number of imide groups is 3. The van der Waals surface area contributed by atoms with E-state index in [9.17, 15) is 29.7 Å². The number of aromatic hydroxyl groups is 2. The summed E-state index contributed by atoms with van der Waals surface area (Å²) in [5, 5.41) is 33.3. The van der Waals surface area contributed by atoms with Gasteiger partial charge in [-0.15, -0.1) is 0 Å². The number of H-pyrrole nitrogens is 2. The number of phenolic OH excluding ortho intramolecular Hbond substituents is 2. The van der Waals surface area contributed by atoms with Crippen LogP contribution in [0, 0.1) is 0 Å². The van der Waals surface area contributed by atoms with Crippen LogP contribution in [0.2, 0.25) is 0 Å². The SMILES string of the molecule is CC(O)C(N)C(=O)N(C(=O)C(N)Cc1ccc(O)c(O)c1)C(=O)C(Cc1cnc[nH]1)NC=Cc1c[nH]c2cc(Br)ccc12. The zero-order chi connectivity index (χ0) is 31.3. The van der Waals surface area contributed by atoms with Gasteiger partial charge in [0.25, 0.3) is 17.7 Å². The molecule has 0 saturated carbocycles. The minimum Gasteiger partial charge on any atom is -0.504 e. The molecule has 2 aromatic carbocycles. The Morgan fingerprint density at radius 2 is 1.81 bits per heavy atom. The quantitative estimate of drug-likeness (QED) is 0.109. The molecule has 4 unspecified atom stereocenters. The van der Waals surface area contributed by atoms with Crippen molar-refractivity contribution in [2.75, 3.05) is 0 Å². The monoisotopic (exact) mass is 653 g/mol. The van der Waals surface area contributed by atoms with Crippen LogP contribution in [-0.4, -0.2) is 77.1 Å². The number of amides is 3. The van der Waals surface area contributed by atoms with E-state index in [-0.39, 0.29) is 18.6 Å². The minimum atomic E-state index is -1.59. The molecule has 2 aromatic heterocycles. The van der Waals surface area contributed by atoms with Crippen LogP contribution in [0.15, 0.2) is 65.8 Å². The van der Waals surface area contributed by atoms with Gasteiger partial charge in [0.2, 0.25) is 0 Å². The standard InChI is InChI=1S/C29H32BrN7O6/c1-15(38)26(32)29(43)37(27(41)21(31)8-16-2-5-24(39)25(40)9-16)28(42)23(11-19-13-33-14-36-19)34-7-6-17-12-35-22-10-18(30)3-4-20(17)22/h2-7,9-10,12-15,21,23,26,34-35,38-40H,8,11,31-32H2,1H3,(H,33,36). The van der Waals surface area contributed by atoms with Crippen LogP contribution in [0.25, 0.3) is 17.0 Å². The van der Waals surface area contributed by atoms with E-state index in [1.165, 1.54) is 43.8 Å². The molecule has 226 valence electrons. The third kappa shape index (κ3) is 7.48. The average molecular weight is 655 g/mol. The molecule has 10 N–H and O–H groups in total. The zero-order valence-corrected chi connectivity index (χ0v) is 24.7. The number of nitrogens with two attached hydrogens (primary N) is 2. The van der Waals surface area contributed by atoms with Crippen LogP contribution in [0.1, 0.15) is 23.7 Å². The van der Waals surface area contributed by atoms with E-state index >= 15 is 0 Å². The van der Waals surface area contributed by atoms with E-state index in [0.29, 0.717) is 16.2 Å². The number of carbonyl (C=O) groups excluding carboxylic acids is 3. The number of aliphatic hydroxyl groups excluding tert-OH is 1. The molecule has 4 atom stereocenters. The molecule has 13 nitrogen and oxygen atoms in total. The second-order valence-corrected chi connectivity index (χ2v) is 10.9. The number of halogens is 1. The molecule has 0 aliphatic heterocycles. The van der Waals surface area contributed by atoms with Gasteiger partial charge in [0.05, 0.1) is 18.5 Å². The summed E-state index contributed by atoms with van der Waals surface area (Å²) in [6, 6.07) is 5.47. The summed E-state index contributed by atoms with van der Waals surface area (Å²) in [5.74, 6) is -3.91. The van der Waals surface area contributed by atoms with Gasteiger partial charge in [-0.25, -0.2) is 9.88 Å². The minimum absolute atomic E-state index is 0.00601. The highest BCUT2D eigenvalue weighted by Gasteiger charge is 2.39. The zero-order valence-electron chi connectivity index (χ0n) is 23.1. The van der Waals surface area contributed by atoms with Gasteiger partial charge in [-0.3, -0.25) is 14.4 Å². The summed E-state index contributed by atoms with van der Waals surface area (Å²) < 4.78 is 0.908. The molecule has 0 radical (unpaired) electrons. The maximum atomic E-state index is 14.0. The van der Waals surface area contributed by atoms with Crippen molar-refractivity contribution < 1.29 is 29.7 Å². The first kappa shape index (κ1) is 31.4. The van der Waals surface area contributed by atoms with Crippen LogP contribution >= 0.6 is 15.9 Å². The number of aromatic nitrogens is 3. The highest BCUT2D eigenvalue weighted by atomic mass is 79.9. The van der Waals surface area contributed by atoms with Crippen LogP contribution < -0.4 is 16.8 Å². The van der Waals surface area contributed by atoms with E-state index in [2.05, 4.69) is 36.2 Å². The van der Waals surface area contributed by atoms with Crippen molar-refractivity contribution in [3.8, 4) is 11.5 Å². The summed E-state index contributed by atoms with van der Waals surface area (Å²) in [6.07, 6.45) is 6.45. The lowest BCUT2D eigenvalue weighted by Crippen LogP contribution is -2.61. The van der Waals surface area contributed by atoms with Crippen LogP contribution in [-0.2, 0) is 27.2 Å². The van der Waals surface area contributed by atoms with Gasteiger partial charge in [0.1, 0.15) is 12.1 Å². The van der Waals surface area contributed by atoms with Gasteiger partial charge in [-0.1, -0.05) is 28.1 Å². The molecule has 0 saturated heterocycles. The van der Waals surface area contributed by atoms with Crippen molar-refractivity contribution in [3.63, 3.8) is 0 Å². The molecule has 4 aromatic rings. The Morgan fingerprint density at radius 1 is 1.05 bits per heavy atom. The van der Waals surface area contributed by atoms with Crippen molar-refractivity contribution in [1.82, 2.24) is 25.2 Å². The molecule has 0 aliphatic carbocycles. The van der Waals surface area contributed by atoms with Gasteiger partial charge < -0.3 is 42.1 Å². The number of phenols is 2. The van der Waals surface area contributed by atoms with Gasteiger partial charge in [-0.2, -0.15) is 0 Å². The van der Waals surface area contributed by atoms with Crippen molar-refractivity contribution in [2.24, 2.45) is 11.5 Å². The summed E-state index contributed by atoms with van der Waals surface area (Å²) in [7, 11) is 0. The Morgan fingerprint density at radius 3 is 2.49 bits per heavy atom. The fraction of sp³-hybridized carbons (Fsp3) is 0.241.